The van der Waals surface area contributed by atoms with Gasteiger partial charge in [-0.05, 0) is 18.7 Å². The molecule has 1 unspecified atom stereocenters. The molecule has 1 nitrogen and oxygen atoms in total. The first-order valence-corrected chi connectivity index (χ1v) is 5.42. The van der Waals surface area contributed by atoms with E-state index in [1.54, 1.807) is 0 Å². The third-order valence-electron chi connectivity index (χ3n) is 1.79. The number of benzene rings is 1. The normalized spacial score (nSPS) is 12.8. The highest BCUT2D eigenvalue weighted by molar-refractivity contribution is 7.99. The zero-order valence-electron chi connectivity index (χ0n) is 7.58. The molecule has 0 radical (unpaired) electrons. The van der Waals surface area contributed by atoms with Gasteiger partial charge in [0.15, 0.2) is 0 Å². The van der Waals surface area contributed by atoms with Gasteiger partial charge in [-0.25, -0.2) is 0 Å². The molecule has 1 aromatic carbocycles. The zero-order chi connectivity index (χ0) is 8.81. The summed E-state index contributed by atoms with van der Waals surface area (Å²) in [5.74, 6) is 0. The molecule has 0 heterocycles. The third-order valence-corrected chi connectivity index (χ3v) is 2.66. The van der Waals surface area contributed by atoms with Crippen LogP contribution in [0, 0.1) is 0 Å². The molecule has 1 rings (SSSR count). The Labute approximate surface area is 78.6 Å². The van der Waals surface area contributed by atoms with Crippen LogP contribution >= 0.6 is 11.8 Å². The van der Waals surface area contributed by atoms with Crippen molar-refractivity contribution >= 4 is 11.8 Å². The van der Waals surface area contributed by atoms with Gasteiger partial charge >= 0.3 is 0 Å². The van der Waals surface area contributed by atoms with E-state index >= 15 is 0 Å². The Morgan fingerprint density at radius 1 is 1.33 bits per heavy atom. The van der Waals surface area contributed by atoms with Crippen molar-refractivity contribution in [2.75, 3.05) is 6.26 Å². The van der Waals surface area contributed by atoms with Gasteiger partial charge in [0.1, 0.15) is 0 Å². The fourth-order valence-electron chi connectivity index (χ4n) is 0.941. The fraction of sp³-hybridized carbons (Fsp3) is 0.400. The molecule has 1 N–H and O–H groups in total. The average Bonchev–Trinajstić information content (AvgIpc) is 2.16. The van der Waals surface area contributed by atoms with Gasteiger partial charge in [-0.15, -0.1) is 11.8 Å². The molecule has 0 spiro atoms. The van der Waals surface area contributed by atoms with Crippen molar-refractivity contribution < 1.29 is 0 Å². The van der Waals surface area contributed by atoms with E-state index < -0.39 is 0 Å². The third kappa shape index (κ3) is 3.28. The Kier molecular flexibility index (Phi) is 4.19. The Bertz CT molecular complexity index is 210. The van der Waals surface area contributed by atoms with Crippen molar-refractivity contribution in [3.63, 3.8) is 0 Å². The van der Waals surface area contributed by atoms with Gasteiger partial charge in [0.05, 0.1) is 5.37 Å². The lowest BCUT2D eigenvalue weighted by atomic mass is 10.2. The molecule has 1 atom stereocenters. The van der Waals surface area contributed by atoms with E-state index in [0.717, 1.165) is 6.54 Å². The Balaban J connectivity index is 2.33. The summed E-state index contributed by atoms with van der Waals surface area (Å²) < 4.78 is 0. The van der Waals surface area contributed by atoms with Crippen molar-refractivity contribution in [1.29, 1.82) is 0 Å². The number of nitrogens with one attached hydrogen (secondary N) is 1. The maximum Gasteiger partial charge on any atom is 0.0503 e. The highest BCUT2D eigenvalue weighted by Crippen LogP contribution is 2.03. The minimum Gasteiger partial charge on any atom is -0.301 e. The van der Waals surface area contributed by atoms with Crippen molar-refractivity contribution in [3.05, 3.63) is 35.9 Å². The van der Waals surface area contributed by atoms with Crippen LogP contribution in [0.3, 0.4) is 0 Å². The maximum atomic E-state index is 3.41. The second kappa shape index (κ2) is 5.22. The van der Waals surface area contributed by atoms with Gasteiger partial charge in [0.2, 0.25) is 0 Å². The molecule has 12 heavy (non-hydrogen) atoms. The molecule has 0 saturated heterocycles. The second-order valence-electron chi connectivity index (χ2n) is 2.74. The van der Waals surface area contributed by atoms with E-state index in [0.29, 0.717) is 5.37 Å². The smallest absolute Gasteiger partial charge is 0.0503 e. The van der Waals surface area contributed by atoms with Crippen LogP contribution in [0.1, 0.15) is 12.5 Å². The van der Waals surface area contributed by atoms with Crippen LogP contribution in [0.15, 0.2) is 30.3 Å². The van der Waals surface area contributed by atoms with Crippen LogP contribution in [-0.4, -0.2) is 11.6 Å². The summed E-state index contributed by atoms with van der Waals surface area (Å²) in [7, 11) is 0. The molecule has 1 aromatic rings. The van der Waals surface area contributed by atoms with Crippen LogP contribution in [0.2, 0.25) is 0 Å². The lowest BCUT2D eigenvalue weighted by molar-refractivity contribution is 0.689. The summed E-state index contributed by atoms with van der Waals surface area (Å²) >= 11 is 1.83. The molecule has 66 valence electrons. The molecular formula is C10H15NS. The maximum absolute atomic E-state index is 3.41. The Hall–Kier alpha value is -0.470. The van der Waals surface area contributed by atoms with Crippen LogP contribution in [0.5, 0.6) is 0 Å². The topological polar surface area (TPSA) is 12.0 Å². The van der Waals surface area contributed by atoms with Crippen molar-refractivity contribution in [1.82, 2.24) is 5.32 Å². The fourth-order valence-corrected chi connectivity index (χ4v) is 1.19. The Morgan fingerprint density at radius 2 is 2.00 bits per heavy atom. The first-order valence-electron chi connectivity index (χ1n) is 4.13. The van der Waals surface area contributed by atoms with E-state index in [1.165, 1.54) is 5.56 Å². The first-order chi connectivity index (χ1) is 5.83. The van der Waals surface area contributed by atoms with E-state index in [4.69, 9.17) is 0 Å². The van der Waals surface area contributed by atoms with Gasteiger partial charge in [-0.3, -0.25) is 0 Å². The van der Waals surface area contributed by atoms with Crippen molar-refractivity contribution in [2.24, 2.45) is 0 Å². The minimum atomic E-state index is 0.533. The highest BCUT2D eigenvalue weighted by atomic mass is 32.2. The van der Waals surface area contributed by atoms with E-state index in [-0.39, 0.29) is 0 Å². The van der Waals surface area contributed by atoms with Gasteiger partial charge in [0, 0.05) is 6.54 Å². The second-order valence-corrected chi connectivity index (χ2v) is 3.92. The van der Waals surface area contributed by atoms with Gasteiger partial charge in [-0.2, -0.15) is 0 Å². The molecule has 0 fully saturated rings. The van der Waals surface area contributed by atoms with Crippen molar-refractivity contribution in [2.45, 2.75) is 18.8 Å². The standard InChI is InChI=1S/C10H15NS/c1-9(12-2)11-8-10-6-4-3-5-7-10/h3-7,9,11H,8H2,1-2H3. The Morgan fingerprint density at radius 3 is 2.58 bits per heavy atom. The summed E-state index contributed by atoms with van der Waals surface area (Å²) in [6.07, 6.45) is 2.11. The lowest BCUT2D eigenvalue weighted by Crippen LogP contribution is -2.21. The van der Waals surface area contributed by atoms with Gasteiger partial charge in [0.25, 0.3) is 0 Å². The summed E-state index contributed by atoms with van der Waals surface area (Å²) in [6.45, 7) is 3.14. The van der Waals surface area contributed by atoms with E-state index in [2.05, 4.69) is 42.8 Å². The van der Waals surface area contributed by atoms with Crippen LogP contribution < -0.4 is 5.32 Å². The summed E-state index contributed by atoms with van der Waals surface area (Å²) in [5, 5.41) is 3.94. The number of thioether (sulfide) groups is 1. The first kappa shape index (κ1) is 9.62. The molecule has 2 heteroatoms. The quantitative estimate of drug-likeness (QED) is 0.716. The summed E-state index contributed by atoms with van der Waals surface area (Å²) in [6, 6.07) is 10.5. The largest absolute Gasteiger partial charge is 0.301 e. The predicted octanol–water partition coefficient (Wildman–Crippen LogP) is 2.49. The van der Waals surface area contributed by atoms with E-state index in [1.807, 2.05) is 17.8 Å². The zero-order valence-corrected chi connectivity index (χ0v) is 8.40. The molecule has 0 bridgehead atoms. The molecular weight excluding hydrogens is 166 g/mol. The molecule has 0 aliphatic carbocycles. The summed E-state index contributed by atoms with van der Waals surface area (Å²) in [5.41, 5.74) is 1.35. The molecule has 0 saturated carbocycles. The number of hydrogen-bond acceptors (Lipinski definition) is 2. The minimum absolute atomic E-state index is 0.533. The predicted molar refractivity (Wildman–Crippen MR) is 56.3 cm³/mol. The molecule has 0 aliphatic heterocycles. The SMILES string of the molecule is CSC(C)NCc1ccccc1. The molecule has 0 aliphatic rings. The highest BCUT2D eigenvalue weighted by Gasteiger charge is 1.96. The molecule has 0 amide bonds. The monoisotopic (exact) mass is 181 g/mol. The molecule has 0 aromatic heterocycles. The number of hydrogen-bond donors (Lipinski definition) is 1. The van der Waals surface area contributed by atoms with Crippen LogP contribution in [-0.2, 0) is 6.54 Å². The average molecular weight is 181 g/mol. The van der Waals surface area contributed by atoms with Gasteiger partial charge in [-0.1, -0.05) is 30.3 Å². The van der Waals surface area contributed by atoms with E-state index in [9.17, 15) is 0 Å². The van der Waals surface area contributed by atoms with Crippen molar-refractivity contribution in [3.8, 4) is 0 Å². The van der Waals surface area contributed by atoms with Crippen LogP contribution in [0.4, 0.5) is 0 Å². The number of rotatable bonds is 4. The summed E-state index contributed by atoms with van der Waals surface area (Å²) in [4.78, 5) is 0. The van der Waals surface area contributed by atoms with Crippen LogP contribution in [0.25, 0.3) is 0 Å². The lowest BCUT2D eigenvalue weighted by Gasteiger charge is -2.10. The van der Waals surface area contributed by atoms with Gasteiger partial charge < -0.3 is 5.32 Å².